The standard InChI is InChI=1S/C23H34N4O4/c1-22(2)13-16(14-23(3,4)26-22)24-19(28)12-18-20(29)27(21(30)25-18)11-10-15-6-8-17(31-5)9-7-15/h6-9,16,18,26H,10-14H2,1-5H3,(H,24,28)(H,25,30). The molecule has 0 radical (unpaired) electrons. The highest BCUT2D eigenvalue weighted by atomic mass is 16.5. The summed E-state index contributed by atoms with van der Waals surface area (Å²) in [5, 5.41) is 9.30. The van der Waals surface area contributed by atoms with E-state index in [0.717, 1.165) is 24.2 Å². The number of methoxy groups -OCH3 is 1. The van der Waals surface area contributed by atoms with Crippen LogP contribution in [0.5, 0.6) is 5.75 Å². The Morgan fingerprint density at radius 2 is 1.74 bits per heavy atom. The molecule has 1 aromatic carbocycles. The van der Waals surface area contributed by atoms with Crippen LogP contribution < -0.4 is 20.7 Å². The van der Waals surface area contributed by atoms with Crippen molar-refractivity contribution in [3.8, 4) is 5.75 Å². The number of piperidine rings is 1. The first-order valence-electron chi connectivity index (χ1n) is 10.8. The fourth-order valence-electron chi connectivity index (χ4n) is 4.86. The number of carbonyl (C=O) groups is 3. The van der Waals surface area contributed by atoms with Crippen LogP contribution in [0.2, 0.25) is 0 Å². The van der Waals surface area contributed by atoms with Gasteiger partial charge in [-0.05, 0) is 64.7 Å². The number of amides is 4. The quantitative estimate of drug-likeness (QED) is 0.575. The summed E-state index contributed by atoms with van der Waals surface area (Å²) in [6, 6.07) is 6.27. The van der Waals surface area contributed by atoms with Crippen LogP contribution in [0.1, 0.15) is 52.5 Å². The molecule has 1 unspecified atom stereocenters. The number of nitrogens with zero attached hydrogens (tertiary/aromatic N) is 1. The average Bonchev–Trinajstić information content (AvgIpc) is 2.90. The van der Waals surface area contributed by atoms with Crippen molar-refractivity contribution in [3.63, 3.8) is 0 Å². The van der Waals surface area contributed by atoms with E-state index >= 15 is 0 Å². The topological polar surface area (TPSA) is 99.8 Å². The second-order valence-electron chi connectivity index (χ2n) is 9.86. The lowest BCUT2D eigenvalue weighted by Crippen LogP contribution is -2.62. The molecule has 170 valence electrons. The van der Waals surface area contributed by atoms with Gasteiger partial charge in [0.2, 0.25) is 5.91 Å². The maximum Gasteiger partial charge on any atom is 0.324 e. The number of urea groups is 1. The van der Waals surface area contributed by atoms with E-state index in [9.17, 15) is 14.4 Å². The van der Waals surface area contributed by atoms with Gasteiger partial charge in [0.1, 0.15) is 11.8 Å². The molecule has 0 aromatic heterocycles. The zero-order chi connectivity index (χ0) is 22.8. The molecular formula is C23H34N4O4. The fourth-order valence-corrected chi connectivity index (χ4v) is 4.86. The van der Waals surface area contributed by atoms with Crippen LogP contribution in [0.4, 0.5) is 4.79 Å². The third-order valence-electron chi connectivity index (χ3n) is 5.83. The van der Waals surface area contributed by atoms with Crippen molar-refractivity contribution in [1.82, 2.24) is 20.9 Å². The van der Waals surface area contributed by atoms with Crippen molar-refractivity contribution in [1.29, 1.82) is 0 Å². The SMILES string of the molecule is COc1ccc(CCN2C(=O)NC(CC(=O)NC3CC(C)(C)NC(C)(C)C3)C2=O)cc1. The van der Waals surface area contributed by atoms with Gasteiger partial charge in [0, 0.05) is 23.7 Å². The highest BCUT2D eigenvalue weighted by Crippen LogP contribution is 2.28. The number of hydrogen-bond acceptors (Lipinski definition) is 5. The van der Waals surface area contributed by atoms with Crippen molar-refractivity contribution in [2.45, 2.75) is 76.5 Å². The molecule has 0 aliphatic carbocycles. The maximum atomic E-state index is 12.7. The molecule has 2 fully saturated rings. The number of nitrogens with one attached hydrogen (secondary N) is 3. The molecule has 1 aromatic rings. The van der Waals surface area contributed by atoms with Crippen LogP contribution in [0.15, 0.2) is 24.3 Å². The van der Waals surface area contributed by atoms with E-state index in [-0.39, 0.29) is 41.9 Å². The van der Waals surface area contributed by atoms with Crippen molar-refractivity contribution in [2.75, 3.05) is 13.7 Å². The van der Waals surface area contributed by atoms with Crippen LogP contribution >= 0.6 is 0 Å². The third-order valence-corrected chi connectivity index (χ3v) is 5.83. The number of ether oxygens (including phenoxy) is 1. The summed E-state index contributed by atoms with van der Waals surface area (Å²) in [6.45, 7) is 8.75. The minimum Gasteiger partial charge on any atom is -0.497 e. The van der Waals surface area contributed by atoms with Crippen molar-refractivity contribution < 1.29 is 19.1 Å². The van der Waals surface area contributed by atoms with Gasteiger partial charge in [0.15, 0.2) is 0 Å². The molecule has 3 rings (SSSR count). The average molecular weight is 431 g/mol. The van der Waals surface area contributed by atoms with Crippen LogP contribution in [0, 0.1) is 0 Å². The second-order valence-corrected chi connectivity index (χ2v) is 9.86. The molecule has 8 nitrogen and oxygen atoms in total. The summed E-state index contributed by atoms with van der Waals surface area (Å²) in [5.74, 6) is 0.194. The van der Waals surface area contributed by atoms with Crippen molar-refractivity contribution in [2.24, 2.45) is 0 Å². The third kappa shape index (κ3) is 5.97. The Morgan fingerprint density at radius 3 is 2.32 bits per heavy atom. The predicted octanol–water partition coefficient (Wildman–Crippen LogP) is 1.97. The van der Waals surface area contributed by atoms with Gasteiger partial charge in [-0.3, -0.25) is 14.5 Å². The molecule has 1 atom stereocenters. The Balaban J connectivity index is 1.52. The van der Waals surface area contributed by atoms with Gasteiger partial charge in [0.25, 0.3) is 5.91 Å². The van der Waals surface area contributed by atoms with E-state index in [1.165, 1.54) is 4.90 Å². The summed E-state index contributed by atoms with van der Waals surface area (Å²) in [6.07, 6.45) is 2.11. The number of carbonyl (C=O) groups excluding carboxylic acids is 3. The molecule has 31 heavy (non-hydrogen) atoms. The van der Waals surface area contributed by atoms with E-state index in [1.54, 1.807) is 7.11 Å². The molecule has 4 amide bonds. The Morgan fingerprint density at radius 1 is 1.13 bits per heavy atom. The first-order valence-corrected chi connectivity index (χ1v) is 10.8. The minimum absolute atomic E-state index is 0.0251. The first kappa shape index (κ1) is 23.1. The van der Waals surface area contributed by atoms with E-state index in [0.29, 0.717) is 6.42 Å². The van der Waals surface area contributed by atoms with Gasteiger partial charge in [-0.15, -0.1) is 0 Å². The molecule has 2 heterocycles. The molecule has 0 saturated carbocycles. The highest BCUT2D eigenvalue weighted by molar-refractivity contribution is 6.05. The smallest absolute Gasteiger partial charge is 0.324 e. The summed E-state index contributed by atoms with van der Waals surface area (Å²) < 4.78 is 5.14. The predicted molar refractivity (Wildman–Crippen MR) is 118 cm³/mol. The summed E-state index contributed by atoms with van der Waals surface area (Å²) in [4.78, 5) is 38.8. The van der Waals surface area contributed by atoms with Crippen molar-refractivity contribution in [3.05, 3.63) is 29.8 Å². The Kier molecular flexibility index (Phi) is 6.59. The van der Waals surface area contributed by atoms with Gasteiger partial charge < -0.3 is 20.7 Å². The lowest BCUT2D eigenvalue weighted by molar-refractivity contribution is -0.131. The molecule has 3 N–H and O–H groups in total. The number of rotatable bonds is 7. The molecule has 2 aliphatic heterocycles. The second kappa shape index (κ2) is 8.86. The summed E-state index contributed by atoms with van der Waals surface area (Å²) >= 11 is 0. The van der Waals surface area contributed by atoms with Crippen LogP contribution in [-0.4, -0.2) is 59.6 Å². The van der Waals surface area contributed by atoms with Gasteiger partial charge in [-0.25, -0.2) is 4.79 Å². The summed E-state index contributed by atoms with van der Waals surface area (Å²) in [7, 11) is 1.60. The molecule has 8 heteroatoms. The lowest BCUT2D eigenvalue weighted by atomic mass is 9.79. The zero-order valence-electron chi connectivity index (χ0n) is 19.1. The largest absolute Gasteiger partial charge is 0.497 e. The molecule has 0 spiro atoms. The van der Waals surface area contributed by atoms with Crippen LogP contribution in [-0.2, 0) is 16.0 Å². The molecular weight excluding hydrogens is 396 g/mol. The summed E-state index contributed by atoms with van der Waals surface area (Å²) in [5.41, 5.74) is 0.823. The maximum absolute atomic E-state index is 12.7. The van der Waals surface area contributed by atoms with Crippen LogP contribution in [0.3, 0.4) is 0 Å². The van der Waals surface area contributed by atoms with E-state index < -0.39 is 12.1 Å². The normalized spacial score (nSPS) is 22.9. The monoisotopic (exact) mass is 430 g/mol. The van der Waals surface area contributed by atoms with Crippen molar-refractivity contribution >= 4 is 17.8 Å². The minimum atomic E-state index is -0.814. The Hall–Kier alpha value is -2.61. The fraction of sp³-hybridized carbons (Fsp3) is 0.609. The Bertz CT molecular complexity index is 818. The van der Waals surface area contributed by atoms with Gasteiger partial charge in [0.05, 0.1) is 13.5 Å². The van der Waals surface area contributed by atoms with Gasteiger partial charge in [-0.2, -0.15) is 0 Å². The molecule has 2 saturated heterocycles. The Labute approximate surface area is 184 Å². The van der Waals surface area contributed by atoms with Gasteiger partial charge in [-0.1, -0.05) is 12.1 Å². The van der Waals surface area contributed by atoms with Gasteiger partial charge >= 0.3 is 6.03 Å². The van der Waals surface area contributed by atoms with Crippen LogP contribution in [0.25, 0.3) is 0 Å². The lowest BCUT2D eigenvalue weighted by Gasteiger charge is -2.46. The number of benzene rings is 1. The van der Waals surface area contributed by atoms with E-state index in [2.05, 4.69) is 43.6 Å². The molecule has 0 bridgehead atoms. The first-order chi connectivity index (χ1) is 14.5. The number of imide groups is 1. The molecule has 2 aliphatic rings. The van der Waals surface area contributed by atoms with E-state index in [1.807, 2.05) is 24.3 Å². The number of hydrogen-bond donors (Lipinski definition) is 3. The zero-order valence-corrected chi connectivity index (χ0v) is 19.1. The van der Waals surface area contributed by atoms with E-state index in [4.69, 9.17) is 4.74 Å². The highest BCUT2D eigenvalue weighted by Gasteiger charge is 2.41.